The number of hydrogen-bond donors (Lipinski definition) is 1. The molecule has 0 radical (unpaired) electrons. The van der Waals surface area contributed by atoms with Crippen LogP contribution in [0, 0.1) is 0 Å². The zero-order chi connectivity index (χ0) is 23.6. The number of Topliss-reactive ketones (excluding diaryl/α,β-unsaturated/α-hetero) is 1. The molecule has 7 heteroatoms. The Morgan fingerprint density at radius 3 is 2.33 bits per heavy atom. The Hall–Kier alpha value is -3.55. The molecule has 4 aromatic rings. The topological polar surface area (TPSA) is 89.9 Å². The highest BCUT2D eigenvalue weighted by Gasteiger charge is 2.25. The molecule has 168 valence electrons. The minimum absolute atomic E-state index is 0.00915. The monoisotopic (exact) mass is 462 g/mol. The van der Waals surface area contributed by atoms with E-state index >= 15 is 0 Å². The van der Waals surface area contributed by atoms with E-state index < -0.39 is 11.6 Å². The number of hydrogen-bond acceptors (Lipinski definition) is 7. The molecule has 0 amide bonds. The standard InChI is InChI=1S/C26H22O6S/c1-26(2,30)24(28)16-10-12-17(13-11-16)31-14-15-32-25(29)19-7-5-9-21-22(19)23(27)18-6-3-4-8-20(18)33-21/h3-13,30H,14-15H2,1-2H3. The Bertz CT molecular complexity index is 1400. The van der Waals surface area contributed by atoms with Crippen molar-refractivity contribution in [1.82, 2.24) is 0 Å². The fourth-order valence-electron chi connectivity index (χ4n) is 3.44. The third kappa shape index (κ3) is 4.79. The van der Waals surface area contributed by atoms with E-state index in [2.05, 4.69) is 0 Å². The number of carbonyl (C=O) groups excluding carboxylic acids is 2. The molecule has 1 N–H and O–H groups in total. The highest BCUT2D eigenvalue weighted by molar-refractivity contribution is 7.24. The van der Waals surface area contributed by atoms with Crippen molar-refractivity contribution in [2.24, 2.45) is 0 Å². The van der Waals surface area contributed by atoms with Crippen LogP contribution < -0.4 is 10.2 Å². The van der Waals surface area contributed by atoms with Gasteiger partial charge in [-0.25, -0.2) is 4.79 Å². The van der Waals surface area contributed by atoms with Gasteiger partial charge in [-0.3, -0.25) is 9.59 Å². The molecule has 0 bridgehead atoms. The fourth-order valence-corrected chi connectivity index (χ4v) is 4.55. The summed E-state index contributed by atoms with van der Waals surface area (Å²) in [5.41, 5.74) is -1.04. The van der Waals surface area contributed by atoms with Crippen LogP contribution in [0.3, 0.4) is 0 Å². The first-order valence-electron chi connectivity index (χ1n) is 10.4. The number of aliphatic hydroxyl groups is 1. The van der Waals surface area contributed by atoms with Crippen molar-refractivity contribution in [3.8, 4) is 5.75 Å². The third-order valence-corrected chi connectivity index (χ3v) is 6.22. The van der Waals surface area contributed by atoms with E-state index in [9.17, 15) is 19.5 Å². The van der Waals surface area contributed by atoms with Crippen molar-refractivity contribution in [1.29, 1.82) is 0 Å². The molecule has 1 heterocycles. The lowest BCUT2D eigenvalue weighted by atomic mass is 9.97. The van der Waals surface area contributed by atoms with Crippen molar-refractivity contribution in [3.05, 3.63) is 88.1 Å². The second-order valence-electron chi connectivity index (χ2n) is 8.00. The van der Waals surface area contributed by atoms with Gasteiger partial charge >= 0.3 is 5.97 Å². The van der Waals surface area contributed by atoms with Gasteiger partial charge in [0.05, 0.1) is 10.9 Å². The Balaban J connectivity index is 1.42. The first-order chi connectivity index (χ1) is 15.8. The van der Waals surface area contributed by atoms with Crippen molar-refractivity contribution >= 4 is 43.3 Å². The lowest BCUT2D eigenvalue weighted by Gasteiger charge is -2.15. The first kappa shape index (κ1) is 22.6. The van der Waals surface area contributed by atoms with Crippen LogP contribution in [0.4, 0.5) is 0 Å². The van der Waals surface area contributed by atoms with E-state index in [1.54, 1.807) is 48.5 Å². The second-order valence-corrected chi connectivity index (χ2v) is 9.09. The average Bonchev–Trinajstić information content (AvgIpc) is 2.81. The number of carbonyl (C=O) groups is 2. The largest absolute Gasteiger partial charge is 0.490 e. The average molecular weight is 463 g/mol. The molecule has 0 spiro atoms. The molecular weight excluding hydrogens is 440 g/mol. The lowest BCUT2D eigenvalue weighted by Crippen LogP contribution is -2.30. The number of esters is 1. The molecule has 0 atom stereocenters. The maximum atomic E-state index is 13.0. The van der Waals surface area contributed by atoms with Crippen LogP contribution in [-0.4, -0.2) is 35.7 Å². The molecule has 3 aromatic carbocycles. The summed E-state index contributed by atoms with van der Waals surface area (Å²) < 4.78 is 12.5. The summed E-state index contributed by atoms with van der Waals surface area (Å²) in [6, 6.07) is 18.8. The summed E-state index contributed by atoms with van der Waals surface area (Å²) in [6.45, 7) is 2.96. The van der Waals surface area contributed by atoms with Gasteiger partial charge in [-0.2, -0.15) is 0 Å². The molecule has 6 nitrogen and oxygen atoms in total. The molecule has 0 fully saturated rings. The molecule has 0 aliphatic heterocycles. The first-order valence-corrected chi connectivity index (χ1v) is 11.2. The number of fused-ring (bicyclic) bond motifs is 2. The fraction of sp³-hybridized carbons (Fsp3) is 0.192. The summed E-state index contributed by atoms with van der Waals surface area (Å²) >= 11 is 1.46. The van der Waals surface area contributed by atoms with Gasteiger partial charge < -0.3 is 14.6 Å². The van der Waals surface area contributed by atoms with E-state index in [1.165, 1.54) is 25.2 Å². The molecule has 0 saturated carbocycles. The molecule has 33 heavy (non-hydrogen) atoms. The van der Waals surface area contributed by atoms with Crippen molar-refractivity contribution in [2.45, 2.75) is 19.4 Å². The van der Waals surface area contributed by atoms with Crippen molar-refractivity contribution in [2.75, 3.05) is 13.2 Å². The number of benzene rings is 3. The zero-order valence-electron chi connectivity index (χ0n) is 18.2. The number of ketones is 1. The highest BCUT2D eigenvalue weighted by atomic mass is 32.1. The quantitative estimate of drug-likeness (QED) is 0.187. The Kier molecular flexibility index (Phi) is 6.26. The van der Waals surface area contributed by atoms with Gasteiger partial charge in [-0.05, 0) is 62.4 Å². The van der Waals surface area contributed by atoms with Crippen LogP contribution in [0.5, 0.6) is 5.75 Å². The van der Waals surface area contributed by atoms with Gasteiger partial charge in [-0.1, -0.05) is 18.2 Å². The van der Waals surface area contributed by atoms with Gasteiger partial charge in [0.1, 0.15) is 24.6 Å². The SMILES string of the molecule is CC(C)(O)C(=O)c1ccc(OCCOC(=O)c2cccc3sc4ccccc4c(=O)c23)cc1. The number of ether oxygens (including phenoxy) is 2. The van der Waals surface area contributed by atoms with E-state index in [0.717, 1.165) is 9.40 Å². The predicted molar refractivity (Wildman–Crippen MR) is 128 cm³/mol. The minimum Gasteiger partial charge on any atom is -0.490 e. The maximum absolute atomic E-state index is 13.0. The zero-order valence-corrected chi connectivity index (χ0v) is 19.0. The van der Waals surface area contributed by atoms with Gasteiger partial charge in [0.2, 0.25) is 0 Å². The van der Waals surface area contributed by atoms with E-state index in [-0.39, 0.29) is 30.0 Å². The van der Waals surface area contributed by atoms with Gasteiger partial charge in [0.25, 0.3) is 0 Å². The molecule has 1 aromatic heterocycles. The maximum Gasteiger partial charge on any atom is 0.339 e. The minimum atomic E-state index is -1.45. The predicted octanol–water partition coefficient (Wildman–Crippen LogP) is 4.60. The van der Waals surface area contributed by atoms with Crippen molar-refractivity contribution < 1.29 is 24.2 Å². The molecule has 4 rings (SSSR count). The van der Waals surface area contributed by atoms with Crippen LogP contribution >= 0.6 is 11.3 Å². The Labute approximate surface area is 194 Å². The van der Waals surface area contributed by atoms with E-state index in [0.29, 0.717) is 22.1 Å². The van der Waals surface area contributed by atoms with Gasteiger partial charge in [-0.15, -0.1) is 11.3 Å². The summed E-state index contributed by atoms with van der Waals surface area (Å²) in [5, 5.41) is 10.7. The van der Waals surface area contributed by atoms with Gasteiger partial charge in [0.15, 0.2) is 11.2 Å². The van der Waals surface area contributed by atoms with Crippen LogP contribution in [0.1, 0.15) is 34.6 Å². The normalized spacial score (nSPS) is 11.5. The van der Waals surface area contributed by atoms with E-state index in [4.69, 9.17) is 9.47 Å². The van der Waals surface area contributed by atoms with Crippen molar-refractivity contribution in [3.63, 3.8) is 0 Å². The molecule has 0 aliphatic rings. The smallest absolute Gasteiger partial charge is 0.339 e. The molecule has 0 aliphatic carbocycles. The third-order valence-electron chi connectivity index (χ3n) is 5.08. The Morgan fingerprint density at radius 2 is 1.61 bits per heavy atom. The van der Waals surface area contributed by atoms with Crippen LogP contribution in [-0.2, 0) is 4.74 Å². The Morgan fingerprint density at radius 1 is 0.909 bits per heavy atom. The summed E-state index contributed by atoms with van der Waals surface area (Å²) in [7, 11) is 0. The van der Waals surface area contributed by atoms with Crippen LogP contribution in [0.15, 0.2) is 71.5 Å². The molecular formula is C26H22O6S. The number of rotatable bonds is 7. The molecule has 0 saturated heterocycles. The van der Waals surface area contributed by atoms with Crippen LogP contribution in [0.2, 0.25) is 0 Å². The van der Waals surface area contributed by atoms with E-state index in [1.807, 2.05) is 18.2 Å². The highest BCUT2D eigenvalue weighted by Crippen LogP contribution is 2.27. The summed E-state index contributed by atoms with van der Waals surface area (Å²) in [6.07, 6.45) is 0. The summed E-state index contributed by atoms with van der Waals surface area (Å²) in [4.78, 5) is 37.8. The second kappa shape index (κ2) is 9.13. The van der Waals surface area contributed by atoms with Crippen LogP contribution in [0.25, 0.3) is 20.2 Å². The lowest BCUT2D eigenvalue weighted by molar-refractivity contribution is 0.0452. The van der Waals surface area contributed by atoms with Gasteiger partial charge in [0, 0.05) is 20.3 Å². The molecule has 0 unspecified atom stereocenters. The summed E-state index contributed by atoms with van der Waals surface area (Å²) in [5.74, 6) is -0.474.